The molecule has 2 saturated heterocycles. The Kier molecular flexibility index (Phi) is 4.97. The Hall–Kier alpha value is -0.650. The zero-order chi connectivity index (χ0) is 13.0. The van der Waals surface area contributed by atoms with Crippen molar-refractivity contribution < 1.29 is 9.53 Å². The number of amides is 1. The molecule has 104 valence electrons. The SMILES string of the molecule is CN(C)CC1CN(CC(=O)N2CCCC2)CCO1. The first-order valence-corrected chi connectivity index (χ1v) is 6.91. The van der Waals surface area contributed by atoms with Gasteiger partial charge < -0.3 is 14.5 Å². The quantitative estimate of drug-likeness (QED) is 0.701. The van der Waals surface area contributed by atoms with E-state index in [9.17, 15) is 4.79 Å². The summed E-state index contributed by atoms with van der Waals surface area (Å²) in [6, 6.07) is 0. The molecule has 5 heteroatoms. The van der Waals surface area contributed by atoms with Gasteiger partial charge in [-0.1, -0.05) is 0 Å². The van der Waals surface area contributed by atoms with Gasteiger partial charge >= 0.3 is 0 Å². The molecular weight excluding hydrogens is 230 g/mol. The van der Waals surface area contributed by atoms with Gasteiger partial charge in [0, 0.05) is 32.7 Å². The van der Waals surface area contributed by atoms with Crippen LogP contribution in [0.1, 0.15) is 12.8 Å². The number of rotatable bonds is 4. The lowest BCUT2D eigenvalue weighted by atomic mass is 10.2. The van der Waals surface area contributed by atoms with Crippen molar-refractivity contribution in [2.24, 2.45) is 0 Å². The van der Waals surface area contributed by atoms with Crippen molar-refractivity contribution in [2.75, 3.05) is 60.0 Å². The minimum absolute atomic E-state index is 0.236. The summed E-state index contributed by atoms with van der Waals surface area (Å²) in [4.78, 5) is 18.4. The van der Waals surface area contributed by atoms with Crippen LogP contribution in [0.15, 0.2) is 0 Å². The number of hydrogen-bond donors (Lipinski definition) is 0. The van der Waals surface area contributed by atoms with Crippen LogP contribution in [0.3, 0.4) is 0 Å². The van der Waals surface area contributed by atoms with E-state index in [4.69, 9.17) is 4.74 Å². The number of likely N-dealkylation sites (N-methyl/N-ethyl adjacent to an activating group) is 1. The van der Waals surface area contributed by atoms with E-state index in [0.717, 1.165) is 52.2 Å². The van der Waals surface area contributed by atoms with Gasteiger partial charge in [0.05, 0.1) is 19.3 Å². The highest BCUT2D eigenvalue weighted by Gasteiger charge is 2.25. The molecule has 0 aromatic rings. The Balaban J connectivity index is 1.76. The predicted octanol–water partition coefficient (Wildman–Crippen LogP) is -0.129. The third kappa shape index (κ3) is 3.93. The van der Waals surface area contributed by atoms with E-state index in [1.165, 1.54) is 0 Å². The molecule has 2 rings (SSSR count). The van der Waals surface area contributed by atoms with E-state index in [-0.39, 0.29) is 12.0 Å². The first kappa shape index (κ1) is 13.8. The third-order valence-electron chi connectivity index (χ3n) is 3.61. The van der Waals surface area contributed by atoms with E-state index < -0.39 is 0 Å². The first-order valence-electron chi connectivity index (χ1n) is 6.91. The van der Waals surface area contributed by atoms with E-state index >= 15 is 0 Å². The molecule has 1 unspecified atom stereocenters. The van der Waals surface area contributed by atoms with Gasteiger partial charge in [0.1, 0.15) is 0 Å². The molecule has 2 fully saturated rings. The number of carbonyl (C=O) groups is 1. The van der Waals surface area contributed by atoms with Crippen LogP contribution in [0, 0.1) is 0 Å². The number of hydrogen-bond acceptors (Lipinski definition) is 4. The fourth-order valence-corrected chi connectivity index (χ4v) is 2.70. The lowest BCUT2D eigenvalue weighted by Gasteiger charge is -2.34. The predicted molar refractivity (Wildman–Crippen MR) is 70.5 cm³/mol. The summed E-state index contributed by atoms with van der Waals surface area (Å²) in [5.74, 6) is 0.290. The molecule has 5 nitrogen and oxygen atoms in total. The molecule has 2 aliphatic heterocycles. The molecule has 2 heterocycles. The Morgan fingerprint density at radius 3 is 2.67 bits per heavy atom. The lowest BCUT2D eigenvalue weighted by molar-refractivity contribution is -0.133. The van der Waals surface area contributed by atoms with Crippen LogP contribution in [0.2, 0.25) is 0 Å². The Labute approximate surface area is 110 Å². The fourth-order valence-electron chi connectivity index (χ4n) is 2.70. The van der Waals surface area contributed by atoms with Crippen LogP contribution in [0.4, 0.5) is 0 Å². The van der Waals surface area contributed by atoms with Crippen LogP contribution < -0.4 is 0 Å². The fraction of sp³-hybridized carbons (Fsp3) is 0.923. The summed E-state index contributed by atoms with van der Waals surface area (Å²) in [5.41, 5.74) is 0. The van der Waals surface area contributed by atoms with E-state index in [1.807, 2.05) is 4.90 Å². The van der Waals surface area contributed by atoms with Crippen molar-refractivity contribution in [1.82, 2.24) is 14.7 Å². The number of morpholine rings is 1. The standard InChI is InChI=1S/C13H25N3O2/c1-14(2)9-12-10-15(7-8-18-12)11-13(17)16-5-3-4-6-16/h12H,3-11H2,1-2H3. The molecule has 0 N–H and O–H groups in total. The summed E-state index contributed by atoms with van der Waals surface area (Å²) in [7, 11) is 4.11. The van der Waals surface area contributed by atoms with Gasteiger partial charge in [0.15, 0.2) is 0 Å². The minimum Gasteiger partial charge on any atom is -0.374 e. The van der Waals surface area contributed by atoms with E-state index in [2.05, 4.69) is 23.9 Å². The molecule has 0 aromatic heterocycles. The van der Waals surface area contributed by atoms with Crippen molar-refractivity contribution in [3.63, 3.8) is 0 Å². The largest absolute Gasteiger partial charge is 0.374 e. The highest BCUT2D eigenvalue weighted by molar-refractivity contribution is 5.78. The van der Waals surface area contributed by atoms with Gasteiger partial charge in [-0.3, -0.25) is 9.69 Å². The van der Waals surface area contributed by atoms with Crippen molar-refractivity contribution >= 4 is 5.91 Å². The van der Waals surface area contributed by atoms with Gasteiger partial charge in [-0.05, 0) is 26.9 Å². The highest BCUT2D eigenvalue weighted by atomic mass is 16.5. The van der Waals surface area contributed by atoms with Gasteiger partial charge in [-0.25, -0.2) is 0 Å². The molecule has 0 bridgehead atoms. The molecule has 1 atom stereocenters. The van der Waals surface area contributed by atoms with E-state index in [1.54, 1.807) is 0 Å². The zero-order valence-electron chi connectivity index (χ0n) is 11.6. The van der Waals surface area contributed by atoms with Gasteiger partial charge in [-0.2, -0.15) is 0 Å². The number of ether oxygens (including phenoxy) is 1. The summed E-state index contributed by atoms with van der Waals surface area (Å²) in [5, 5.41) is 0. The molecular formula is C13H25N3O2. The summed E-state index contributed by atoms with van der Waals surface area (Å²) < 4.78 is 5.72. The van der Waals surface area contributed by atoms with E-state index in [0.29, 0.717) is 6.54 Å². The molecule has 0 radical (unpaired) electrons. The van der Waals surface area contributed by atoms with Crippen LogP contribution in [-0.4, -0.2) is 86.7 Å². The van der Waals surface area contributed by atoms with Gasteiger partial charge in [0.25, 0.3) is 0 Å². The second kappa shape index (κ2) is 6.50. The number of likely N-dealkylation sites (tertiary alicyclic amines) is 1. The maximum atomic E-state index is 12.1. The van der Waals surface area contributed by atoms with Gasteiger partial charge in [0.2, 0.25) is 5.91 Å². The third-order valence-corrected chi connectivity index (χ3v) is 3.61. The Morgan fingerprint density at radius 2 is 2.00 bits per heavy atom. The van der Waals surface area contributed by atoms with Crippen LogP contribution >= 0.6 is 0 Å². The molecule has 18 heavy (non-hydrogen) atoms. The topological polar surface area (TPSA) is 36.0 Å². The summed E-state index contributed by atoms with van der Waals surface area (Å²) >= 11 is 0. The normalized spacial score (nSPS) is 25.9. The average molecular weight is 255 g/mol. The molecule has 0 spiro atoms. The summed E-state index contributed by atoms with van der Waals surface area (Å²) in [6.07, 6.45) is 2.57. The molecule has 0 aromatic carbocycles. The second-order valence-electron chi connectivity index (χ2n) is 5.58. The minimum atomic E-state index is 0.236. The van der Waals surface area contributed by atoms with Crippen LogP contribution in [-0.2, 0) is 9.53 Å². The first-order chi connectivity index (χ1) is 8.65. The highest BCUT2D eigenvalue weighted by Crippen LogP contribution is 2.10. The number of nitrogens with zero attached hydrogens (tertiary/aromatic N) is 3. The summed E-state index contributed by atoms with van der Waals surface area (Å²) in [6.45, 7) is 5.88. The van der Waals surface area contributed by atoms with Crippen molar-refractivity contribution in [3.8, 4) is 0 Å². The molecule has 1 amide bonds. The number of carbonyl (C=O) groups excluding carboxylic acids is 1. The average Bonchev–Trinajstić information content (AvgIpc) is 2.81. The molecule has 0 saturated carbocycles. The second-order valence-corrected chi connectivity index (χ2v) is 5.58. The van der Waals surface area contributed by atoms with Crippen molar-refractivity contribution in [1.29, 1.82) is 0 Å². The zero-order valence-corrected chi connectivity index (χ0v) is 11.6. The Morgan fingerprint density at radius 1 is 1.28 bits per heavy atom. The van der Waals surface area contributed by atoms with Crippen molar-refractivity contribution in [3.05, 3.63) is 0 Å². The maximum absolute atomic E-state index is 12.1. The Bertz CT molecular complexity index is 277. The van der Waals surface area contributed by atoms with Crippen LogP contribution in [0.5, 0.6) is 0 Å². The van der Waals surface area contributed by atoms with Crippen molar-refractivity contribution in [2.45, 2.75) is 18.9 Å². The van der Waals surface area contributed by atoms with Gasteiger partial charge in [-0.15, -0.1) is 0 Å². The smallest absolute Gasteiger partial charge is 0.236 e. The molecule has 0 aliphatic carbocycles. The lowest BCUT2D eigenvalue weighted by Crippen LogP contribution is -2.49. The molecule has 2 aliphatic rings. The maximum Gasteiger partial charge on any atom is 0.236 e. The van der Waals surface area contributed by atoms with Crippen LogP contribution in [0.25, 0.3) is 0 Å². The monoisotopic (exact) mass is 255 g/mol.